The molecule has 7 heteroatoms. The zero-order valence-corrected chi connectivity index (χ0v) is 22.1. The zero-order valence-electron chi connectivity index (χ0n) is 22.1. The SMILES string of the molecule is COc1ccc2cc3[n+](cc2c1OCCCCCN1C(=O)Cc2ccccc21)CCc1cc2c(cc1-3)OCO2. The van der Waals surface area contributed by atoms with Crippen LogP contribution in [0.5, 0.6) is 23.0 Å². The highest BCUT2D eigenvalue weighted by Crippen LogP contribution is 2.41. The minimum atomic E-state index is 0.196. The maximum atomic E-state index is 12.4. The van der Waals surface area contributed by atoms with Gasteiger partial charge in [-0.25, -0.2) is 0 Å². The number of para-hydroxylation sites is 1. The van der Waals surface area contributed by atoms with Gasteiger partial charge in [-0.1, -0.05) is 18.2 Å². The molecule has 0 spiro atoms. The van der Waals surface area contributed by atoms with E-state index in [0.29, 0.717) is 13.0 Å². The third-order valence-corrected chi connectivity index (χ3v) is 7.99. The first-order valence-electron chi connectivity index (χ1n) is 13.7. The Bertz CT molecular complexity index is 1600. The van der Waals surface area contributed by atoms with Crippen LogP contribution in [0.25, 0.3) is 22.0 Å². The summed E-state index contributed by atoms with van der Waals surface area (Å²) in [5.41, 5.74) is 5.82. The first-order chi connectivity index (χ1) is 19.2. The molecule has 0 radical (unpaired) electrons. The Morgan fingerprint density at radius 3 is 2.74 bits per heavy atom. The molecular weight excluding hydrogens is 492 g/mol. The van der Waals surface area contributed by atoms with E-state index in [4.69, 9.17) is 18.9 Å². The van der Waals surface area contributed by atoms with Crippen LogP contribution in [0.2, 0.25) is 0 Å². The molecule has 0 saturated carbocycles. The third-order valence-electron chi connectivity index (χ3n) is 7.99. The Hall–Kier alpha value is -4.26. The number of nitrogens with zero attached hydrogens (tertiary/aromatic N) is 2. The van der Waals surface area contributed by atoms with E-state index < -0.39 is 0 Å². The van der Waals surface area contributed by atoms with E-state index in [-0.39, 0.29) is 12.7 Å². The number of ether oxygens (including phenoxy) is 4. The van der Waals surface area contributed by atoms with Gasteiger partial charge in [0.1, 0.15) is 0 Å². The molecule has 3 aliphatic heterocycles. The molecule has 0 fully saturated rings. The van der Waals surface area contributed by atoms with Gasteiger partial charge in [0.15, 0.2) is 35.7 Å². The van der Waals surface area contributed by atoms with Gasteiger partial charge in [-0.3, -0.25) is 4.79 Å². The number of carbonyl (C=O) groups excluding carboxylic acids is 1. The van der Waals surface area contributed by atoms with Crippen LogP contribution in [-0.2, 0) is 24.2 Å². The van der Waals surface area contributed by atoms with Crippen molar-refractivity contribution in [3.63, 3.8) is 0 Å². The minimum Gasteiger partial charge on any atom is -0.493 e. The molecule has 0 saturated heterocycles. The third kappa shape index (κ3) is 4.22. The summed E-state index contributed by atoms with van der Waals surface area (Å²) >= 11 is 0. The van der Waals surface area contributed by atoms with Crippen LogP contribution in [0, 0.1) is 0 Å². The van der Waals surface area contributed by atoms with Crippen LogP contribution in [0.4, 0.5) is 5.69 Å². The standard InChI is InChI=1S/C32H31N2O5/c1-36-28-10-9-21-15-27-24-18-30-29(38-20-39-30)16-22(24)11-13-33(27)19-25(21)32(28)37-14-6-2-5-12-34-26-8-4-3-7-23(26)17-31(34)35/h3-4,7-10,15-16,18-19H,2,5-6,11-14,17,20H2,1H3/q+1. The van der Waals surface area contributed by atoms with Gasteiger partial charge in [-0.2, -0.15) is 4.57 Å². The van der Waals surface area contributed by atoms with E-state index in [1.807, 2.05) is 35.2 Å². The smallest absolute Gasteiger partial charge is 0.231 e. The number of fused-ring (bicyclic) bond motifs is 6. The lowest BCUT2D eigenvalue weighted by Crippen LogP contribution is -2.40. The largest absolute Gasteiger partial charge is 0.493 e. The molecule has 0 atom stereocenters. The van der Waals surface area contributed by atoms with Crippen molar-refractivity contribution in [1.82, 2.24) is 0 Å². The predicted molar refractivity (Wildman–Crippen MR) is 148 cm³/mol. The Morgan fingerprint density at radius 2 is 1.85 bits per heavy atom. The first-order valence-corrected chi connectivity index (χ1v) is 13.7. The second-order valence-corrected chi connectivity index (χ2v) is 10.3. The number of aryl methyl sites for hydroxylation is 2. The van der Waals surface area contributed by atoms with Crippen molar-refractivity contribution in [3.8, 4) is 34.3 Å². The van der Waals surface area contributed by atoms with E-state index >= 15 is 0 Å². The number of pyridine rings is 1. The molecule has 7 rings (SSSR count). The van der Waals surface area contributed by atoms with Gasteiger partial charge in [0.2, 0.25) is 18.4 Å². The molecule has 1 amide bonds. The van der Waals surface area contributed by atoms with E-state index in [0.717, 1.165) is 89.5 Å². The number of amides is 1. The lowest BCUT2D eigenvalue weighted by atomic mass is 9.95. The van der Waals surface area contributed by atoms with Crippen molar-refractivity contribution in [2.45, 2.75) is 38.6 Å². The lowest BCUT2D eigenvalue weighted by molar-refractivity contribution is -0.686. The van der Waals surface area contributed by atoms with Crippen molar-refractivity contribution in [1.29, 1.82) is 0 Å². The van der Waals surface area contributed by atoms with Gasteiger partial charge >= 0.3 is 0 Å². The normalized spacial score (nSPS) is 14.8. The summed E-state index contributed by atoms with van der Waals surface area (Å²) in [6.45, 7) is 2.50. The van der Waals surface area contributed by atoms with Crippen molar-refractivity contribution in [2.75, 3.05) is 32.0 Å². The Balaban J connectivity index is 1.06. The highest BCUT2D eigenvalue weighted by molar-refractivity contribution is 6.01. The average Bonchev–Trinajstić information content (AvgIpc) is 3.55. The number of methoxy groups -OCH3 is 1. The maximum absolute atomic E-state index is 12.4. The van der Waals surface area contributed by atoms with E-state index in [2.05, 4.69) is 35.0 Å². The van der Waals surface area contributed by atoms with E-state index in [9.17, 15) is 4.79 Å². The fourth-order valence-electron chi connectivity index (χ4n) is 5.99. The average molecular weight is 524 g/mol. The number of unbranched alkanes of at least 4 members (excludes halogenated alkanes) is 2. The van der Waals surface area contributed by atoms with Crippen LogP contribution in [0.1, 0.15) is 30.4 Å². The van der Waals surface area contributed by atoms with Gasteiger partial charge in [0.05, 0.1) is 31.1 Å². The number of rotatable bonds is 8. The van der Waals surface area contributed by atoms with Crippen molar-refractivity contribution in [2.24, 2.45) is 0 Å². The van der Waals surface area contributed by atoms with Gasteiger partial charge in [0, 0.05) is 24.7 Å². The molecule has 1 aromatic heterocycles. The Labute approximate surface area is 227 Å². The quantitative estimate of drug-likeness (QED) is 0.234. The minimum absolute atomic E-state index is 0.196. The Kier molecular flexibility index (Phi) is 5.99. The molecule has 3 aromatic carbocycles. The summed E-state index contributed by atoms with van der Waals surface area (Å²) in [5, 5.41) is 2.15. The maximum Gasteiger partial charge on any atom is 0.231 e. The molecule has 0 aliphatic carbocycles. The van der Waals surface area contributed by atoms with Gasteiger partial charge < -0.3 is 23.8 Å². The molecule has 4 heterocycles. The van der Waals surface area contributed by atoms with Crippen molar-refractivity contribution < 1.29 is 28.3 Å². The van der Waals surface area contributed by atoms with E-state index in [1.54, 1.807) is 7.11 Å². The molecular formula is C32H31N2O5+. The van der Waals surface area contributed by atoms with Crippen LogP contribution >= 0.6 is 0 Å². The molecule has 39 heavy (non-hydrogen) atoms. The van der Waals surface area contributed by atoms with Gasteiger partial charge in [0.25, 0.3) is 0 Å². The lowest BCUT2D eigenvalue weighted by Gasteiger charge is -2.18. The van der Waals surface area contributed by atoms with Gasteiger partial charge in [-0.15, -0.1) is 0 Å². The summed E-state index contributed by atoms with van der Waals surface area (Å²) in [6, 6.07) is 18.6. The Morgan fingerprint density at radius 1 is 0.974 bits per heavy atom. The molecule has 198 valence electrons. The van der Waals surface area contributed by atoms with Crippen molar-refractivity contribution >= 4 is 22.4 Å². The topological polar surface area (TPSA) is 61.1 Å². The predicted octanol–water partition coefficient (Wildman–Crippen LogP) is 5.23. The summed E-state index contributed by atoms with van der Waals surface area (Å²) in [4.78, 5) is 14.4. The monoisotopic (exact) mass is 523 g/mol. The summed E-state index contributed by atoms with van der Waals surface area (Å²) in [6.07, 6.45) is 6.46. The van der Waals surface area contributed by atoms with Crippen LogP contribution in [-0.4, -0.2) is 33.0 Å². The summed E-state index contributed by atoms with van der Waals surface area (Å²) < 4.78 is 25.6. The second-order valence-electron chi connectivity index (χ2n) is 10.3. The van der Waals surface area contributed by atoms with Gasteiger partial charge in [-0.05, 0) is 66.1 Å². The van der Waals surface area contributed by atoms with Crippen LogP contribution < -0.4 is 28.4 Å². The summed E-state index contributed by atoms with van der Waals surface area (Å²) in [5.74, 6) is 3.36. The number of hydrogen-bond acceptors (Lipinski definition) is 5. The zero-order chi connectivity index (χ0) is 26.3. The fourth-order valence-corrected chi connectivity index (χ4v) is 5.99. The molecule has 0 unspecified atom stereocenters. The molecule has 7 nitrogen and oxygen atoms in total. The fraction of sp³-hybridized carbons (Fsp3) is 0.312. The summed E-state index contributed by atoms with van der Waals surface area (Å²) in [7, 11) is 1.68. The number of anilines is 1. The molecule has 0 bridgehead atoms. The van der Waals surface area contributed by atoms with E-state index in [1.165, 1.54) is 11.1 Å². The van der Waals surface area contributed by atoms with Crippen molar-refractivity contribution in [3.05, 3.63) is 71.9 Å². The molecule has 0 N–H and O–H groups in total. The number of carbonyl (C=O) groups is 1. The number of aromatic nitrogens is 1. The highest BCUT2D eigenvalue weighted by Gasteiger charge is 2.29. The van der Waals surface area contributed by atoms with Crippen LogP contribution in [0.15, 0.2) is 60.8 Å². The number of hydrogen-bond donors (Lipinski definition) is 0. The van der Waals surface area contributed by atoms with Crippen LogP contribution in [0.3, 0.4) is 0 Å². The molecule has 4 aromatic rings. The second kappa shape index (κ2) is 9.80. The highest BCUT2D eigenvalue weighted by atomic mass is 16.7. The molecule has 3 aliphatic rings. The number of benzene rings is 3. The first kappa shape index (κ1) is 23.8.